The molecular formula is C14H23NO2. The summed E-state index contributed by atoms with van der Waals surface area (Å²) in [6.45, 7) is 8.53. The van der Waals surface area contributed by atoms with Crippen LogP contribution < -0.4 is 10.1 Å². The molecule has 1 rings (SSSR count). The van der Waals surface area contributed by atoms with Gasteiger partial charge >= 0.3 is 0 Å². The van der Waals surface area contributed by atoms with Crippen molar-refractivity contribution in [3.05, 3.63) is 29.8 Å². The second-order valence-corrected chi connectivity index (χ2v) is 5.16. The Labute approximate surface area is 104 Å². The molecule has 0 fully saturated rings. The van der Waals surface area contributed by atoms with Crippen molar-refractivity contribution in [1.82, 2.24) is 5.32 Å². The minimum atomic E-state index is -0.0661. The van der Waals surface area contributed by atoms with E-state index in [9.17, 15) is 0 Å². The van der Waals surface area contributed by atoms with Crippen LogP contribution >= 0.6 is 0 Å². The van der Waals surface area contributed by atoms with Gasteiger partial charge in [-0.1, -0.05) is 26.0 Å². The fraction of sp³-hybridized carbons (Fsp3) is 0.571. The average molecular weight is 237 g/mol. The Hall–Kier alpha value is -1.06. The first-order chi connectivity index (χ1) is 8.03. The van der Waals surface area contributed by atoms with E-state index in [2.05, 4.69) is 18.3 Å². The molecule has 0 bridgehead atoms. The summed E-state index contributed by atoms with van der Waals surface area (Å²) < 4.78 is 5.61. The third-order valence-electron chi connectivity index (χ3n) is 2.57. The lowest BCUT2D eigenvalue weighted by Crippen LogP contribution is -2.34. The van der Waals surface area contributed by atoms with Crippen molar-refractivity contribution in [2.45, 2.75) is 20.8 Å². The van der Waals surface area contributed by atoms with E-state index in [1.54, 1.807) is 0 Å². The van der Waals surface area contributed by atoms with E-state index in [0.29, 0.717) is 6.61 Å². The van der Waals surface area contributed by atoms with Gasteiger partial charge < -0.3 is 15.2 Å². The highest BCUT2D eigenvalue weighted by molar-refractivity contribution is 5.27. The topological polar surface area (TPSA) is 41.5 Å². The van der Waals surface area contributed by atoms with Crippen LogP contribution in [0.2, 0.25) is 0 Å². The molecule has 96 valence electrons. The second kappa shape index (κ2) is 6.62. The summed E-state index contributed by atoms with van der Waals surface area (Å²) in [4.78, 5) is 0. The van der Waals surface area contributed by atoms with E-state index in [-0.39, 0.29) is 12.0 Å². The first kappa shape index (κ1) is 14.0. The molecule has 1 aromatic carbocycles. The predicted octanol–water partition coefficient (Wildman–Crippen LogP) is 1.98. The Morgan fingerprint density at radius 2 is 2.12 bits per heavy atom. The molecule has 17 heavy (non-hydrogen) atoms. The van der Waals surface area contributed by atoms with Gasteiger partial charge in [0, 0.05) is 25.1 Å². The van der Waals surface area contributed by atoms with Crippen molar-refractivity contribution in [3.8, 4) is 5.75 Å². The molecule has 0 aliphatic carbocycles. The molecule has 0 saturated heterocycles. The molecule has 3 nitrogen and oxygen atoms in total. The molecule has 0 aliphatic rings. The minimum absolute atomic E-state index is 0.0661. The largest absolute Gasteiger partial charge is 0.492 e. The zero-order valence-electron chi connectivity index (χ0n) is 11.0. The molecule has 2 N–H and O–H groups in total. The molecule has 1 aromatic rings. The van der Waals surface area contributed by atoms with Crippen LogP contribution in [-0.4, -0.2) is 31.4 Å². The van der Waals surface area contributed by atoms with Crippen molar-refractivity contribution >= 4 is 0 Å². The Kier molecular flexibility index (Phi) is 5.45. The van der Waals surface area contributed by atoms with Crippen LogP contribution in [0.25, 0.3) is 0 Å². The normalized spacial score (nSPS) is 11.5. The molecule has 0 atom stereocenters. The lowest BCUT2D eigenvalue weighted by atomic mass is 9.95. The van der Waals surface area contributed by atoms with Gasteiger partial charge in [0.1, 0.15) is 12.4 Å². The van der Waals surface area contributed by atoms with E-state index in [1.807, 2.05) is 32.0 Å². The summed E-state index contributed by atoms with van der Waals surface area (Å²) >= 11 is 0. The lowest BCUT2D eigenvalue weighted by molar-refractivity contribution is 0.155. The summed E-state index contributed by atoms with van der Waals surface area (Å²) in [5, 5.41) is 12.4. The van der Waals surface area contributed by atoms with E-state index in [4.69, 9.17) is 9.84 Å². The van der Waals surface area contributed by atoms with Crippen molar-refractivity contribution in [3.63, 3.8) is 0 Å². The van der Waals surface area contributed by atoms with Gasteiger partial charge in [-0.3, -0.25) is 0 Å². The van der Waals surface area contributed by atoms with Gasteiger partial charge in [0.2, 0.25) is 0 Å². The Morgan fingerprint density at radius 1 is 1.35 bits per heavy atom. The van der Waals surface area contributed by atoms with E-state index >= 15 is 0 Å². The number of rotatable bonds is 7. The highest BCUT2D eigenvalue weighted by Crippen LogP contribution is 2.12. The van der Waals surface area contributed by atoms with Gasteiger partial charge in [-0.05, 0) is 24.6 Å². The lowest BCUT2D eigenvalue weighted by Gasteiger charge is -2.21. The highest BCUT2D eigenvalue weighted by atomic mass is 16.5. The number of hydrogen-bond acceptors (Lipinski definition) is 3. The van der Waals surface area contributed by atoms with E-state index in [0.717, 1.165) is 18.8 Å². The van der Waals surface area contributed by atoms with Crippen LogP contribution in [0, 0.1) is 12.3 Å². The number of hydrogen-bond donors (Lipinski definition) is 2. The van der Waals surface area contributed by atoms with E-state index in [1.165, 1.54) is 5.56 Å². The third kappa shape index (κ3) is 5.71. The maximum Gasteiger partial charge on any atom is 0.119 e. The monoisotopic (exact) mass is 237 g/mol. The Morgan fingerprint density at radius 3 is 2.76 bits per heavy atom. The zero-order chi connectivity index (χ0) is 12.7. The van der Waals surface area contributed by atoms with Crippen LogP contribution in [0.1, 0.15) is 19.4 Å². The number of aliphatic hydroxyl groups is 1. The maximum absolute atomic E-state index is 9.09. The number of aryl methyl sites for hydroxylation is 1. The summed E-state index contributed by atoms with van der Waals surface area (Å²) in [6, 6.07) is 8.03. The maximum atomic E-state index is 9.09. The molecule has 0 radical (unpaired) electrons. The van der Waals surface area contributed by atoms with Gasteiger partial charge in [0.05, 0.1) is 0 Å². The van der Waals surface area contributed by atoms with Crippen molar-refractivity contribution in [1.29, 1.82) is 0 Å². The van der Waals surface area contributed by atoms with Crippen LogP contribution in [0.5, 0.6) is 5.75 Å². The van der Waals surface area contributed by atoms with Crippen LogP contribution in [0.4, 0.5) is 0 Å². The molecule has 0 aromatic heterocycles. The van der Waals surface area contributed by atoms with Gasteiger partial charge in [-0.2, -0.15) is 0 Å². The highest BCUT2D eigenvalue weighted by Gasteiger charge is 2.14. The fourth-order valence-corrected chi connectivity index (χ4v) is 1.43. The van der Waals surface area contributed by atoms with Crippen LogP contribution in [-0.2, 0) is 0 Å². The van der Waals surface area contributed by atoms with Crippen molar-refractivity contribution < 1.29 is 9.84 Å². The molecule has 0 unspecified atom stereocenters. The third-order valence-corrected chi connectivity index (χ3v) is 2.57. The molecule has 3 heteroatoms. The van der Waals surface area contributed by atoms with Crippen LogP contribution in [0.3, 0.4) is 0 Å². The number of nitrogens with one attached hydrogen (secondary N) is 1. The molecule has 0 amide bonds. The van der Waals surface area contributed by atoms with Gasteiger partial charge in [-0.15, -0.1) is 0 Å². The van der Waals surface area contributed by atoms with Crippen LogP contribution in [0.15, 0.2) is 24.3 Å². The van der Waals surface area contributed by atoms with Gasteiger partial charge in [-0.25, -0.2) is 0 Å². The Balaban J connectivity index is 2.17. The first-order valence-corrected chi connectivity index (χ1v) is 6.04. The predicted molar refractivity (Wildman–Crippen MR) is 70.4 cm³/mol. The quantitative estimate of drug-likeness (QED) is 0.713. The van der Waals surface area contributed by atoms with Gasteiger partial charge in [0.25, 0.3) is 0 Å². The molecule has 0 spiro atoms. The SMILES string of the molecule is Cc1cccc(OCCNCC(C)(C)CO)c1. The second-order valence-electron chi connectivity index (χ2n) is 5.16. The number of benzene rings is 1. The first-order valence-electron chi connectivity index (χ1n) is 6.04. The molecule has 0 saturated carbocycles. The smallest absolute Gasteiger partial charge is 0.119 e. The molecule has 0 aliphatic heterocycles. The number of ether oxygens (including phenoxy) is 1. The van der Waals surface area contributed by atoms with E-state index < -0.39 is 0 Å². The zero-order valence-corrected chi connectivity index (χ0v) is 11.0. The average Bonchev–Trinajstić information content (AvgIpc) is 2.29. The summed E-state index contributed by atoms with van der Waals surface area (Å²) in [5.41, 5.74) is 1.14. The summed E-state index contributed by atoms with van der Waals surface area (Å²) in [6.07, 6.45) is 0. The van der Waals surface area contributed by atoms with Gasteiger partial charge in [0.15, 0.2) is 0 Å². The standard InChI is InChI=1S/C14H23NO2/c1-12-5-4-6-13(9-12)17-8-7-15-10-14(2,3)11-16/h4-6,9,15-16H,7-8,10-11H2,1-3H3. The minimum Gasteiger partial charge on any atom is -0.492 e. The van der Waals surface area contributed by atoms with Crippen molar-refractivity contribution in [2.75, 3.05) is 26.3 Å². The molecule has 0 heterocycles. The Bertz CT molecular complexity index is 337. The number of aliphatic hydroxyl groups excluding tert-OH is 1. The molecular weight excluding hydrogens is 214 g/mol. The summed E-state index contributed by atoms with van der Waals surface area (Å²) in [5.74, 6) is 0.910. The van der Waals surface area contributed by atoms with Crippen molar-refractivity contribution in [2.24, 2.45) is 5.41 Å². The summed E-state index contributed by atoms with van der Waals surface area (Å²) in [7, 11) is 0. The fourth-order valence-electron chi connectivity index (χ4n) is 1.43.